The molecule has 0 bridgehead atoms. The summed E-state index contributed by atoms with van der Waals surface area (Å²) in [4.78, 5) is 25.1. The van der Waals surface area contributed by atoms with Gasteiger partial charge in [0.15, 0.2) is 0 Å². The fraction of sp³-hybridized carbons (Fsp3) is 0.440. The van der Waals surface area contributed by atoms with Gasteiger partial charge in [-0.25, -0.2) is 4.79 Å². The third-order valence-corrected chi connectivity index (χ3v) is 4.63. The summed E-state index contributed by atoms with van der Waals surface area (Å²) in [7, 11) is 0. The first kappa shape index (κ1) is 23.5. The number of carbonyl (C=O) groups is 2. The van der Waals surface area contributed by atoms with Gasteiger partial charge in [-0.1, -0.05) is 56.3 Å². The zero-order valence-electron chi connectivity index (χ0n) is 18.9. The van der Waals surface area contributed by atoms with E-state index in [-0.39, 0.29) is 11.9 Å². The van der Waals surface area contributed by atoms with E-state index in [9.17, 15) is 9.59 Å². The van der Waals surface area contributed by atoms with Crippen LogP contribution in [0.4, 0.5) is 4.79 Å². The molecule has 0 unspecified atom stereocenters. The summed E-state index contributed by atoms with van der Waals surface area (Å²) < 4.78 is 5.39. The molecule has 30 heavy (non-hydrogen) atoms. The standard InChI is InChI=1S/C25H34N2O3/c1-17(2)15-16-26-23(28)22-14-10-9-13-21(22)20-12-8-7-11-19(20)18(3)27-24(29)30-25(4,5)6/h7-14,17-18H,15-16H2,1-6H3,(H,26,28)(H,27,29)/t18-/m1/s1. The second kappa shape index (κ2) is 10.3. The topological polar surface area (TPSA) is 67.4 Å². The lowest BCUT2D eigenvalue weighted by Gasteiger charge is -2.23. The van der Waals surface area contributed by atoms with Crippen molar-refractivity contribution in [1.29, 1.82) is 0 Å². The first-order chi connectivity index (χ1) is 14.1. The van der Waals surface area contributed by atoms with Crippen molar-refractivity contribution in [3.63, 3.8) is 0 Å². The molecule has 2 amide bonds. The van der Waals surface area contributed by atoms with E-state index >= 15 is 0 Å². The minimum Gasteiger partial charge on any atom is -0.444 e. The molecule has 0 saturated carbocycles. The monoisotopic (exact) mass is 410 g/mol. The number of rotatable bonds is 7. The number of nitrogens with one attached hydrogen (secondary N) is 2. The number of amides is 2. The SMILES string of the molecule is CC(C)CCNC(=O)c1ccccc1-c1ccccc1[C@@H](C)NC(=O)OC(C)(C)C. The molecule has 0 saturated heterocycles. The van der Waals surface area contributed by atoms with Crippen LogP contribution in [0.5, 0.6) is 0 Å². The lowest BCUT2D eigenvalue weighted by Crippen LogP contribution is -2.34. The number of hydrogen-bond acceptors (Lipinski definition) is 3. The molecule has 5 nitrogen and oxygen atoms in total. The van der Waals surface area contributed by atoms with Gasteiger partial charge in [0.05, 0.1) is 6.04 Å². The van der Waals surface area contributed by atoms with Crippen LogP contribution in [0.2, 0.25) is 0 Å². The Morgan fingerprint density at radius 3 is 2.17 bits per heavy atom. The maximum atomic E-state index is 12.8. The molecule has 162 valence electrons. The van der Waals surface area contributed by atoms with Crippen LogP contribution in [-0.2, 0) is 4.74 Å². The van der Waals surface area contributed by atoms with Crippen LogP contribution in [0.25, 0.3) is 11.1 Å². The van der Waals surface area contributed by atoms with Crippen molar-refractivity contribution in [1.82, 2.24) is 10.6 Å². The van der Waals surface area contributed by atoms with Gasteiger partial charge in [-0.05, 0) is 62.8 Å². The van der Waals surface area contributed by atoms with Gasteiger partial charge in [-0.15, -0.1) is 0 Å². The summed E-state index contributed by atoms with van der Waals surface area (Å²) in [6.07, 6.45) is 0.464. The molecule has 2 N–H and O–H groups in total. The minimum absolute atomic E-state index is 0.0891. The van der Waals surface area contributed by atoms with Crippen molar-refractivity contribution < 1.29 is 14.3 Å². The molecule has 0 aromatic heterocycles. The molecule has 0 aliphatic carbocycles. The van der Waals surface area contributed by atoms with Crippen molar-refractivity contribution in [3.05, 3.63) is 59.7 Å². The number of benzene rings is 2. The van der Waals surface area contributed by atoms with Crippen LogP contribution < -0.4 is 10.6 Å². The Morgan fingerprint density at radius 2 is 1.53 bits per heavy atom. The normalized spacial score (nSPS) is 12.4. The molecule has 0 radical (unpaired) electrons. The number of hydrogen-bond donors (Lipinski definition) is 2. The minimum atomic E-state index is -0.565. The summed E-state index contributed by atoms with van der Waals surface area (Å²) in [5.41, 5.74) is 2.73. The quantitative estimate of drug-likeness (QED) is 0.614. The van der Waals surface area contributed by atoms with E-state index in [1.807, 2.05) is 76.2 Å². The summed E-state index contributed by atoms with van der Waals surface area (Å²) in [5.74, 6) is 0.440. The van der Waals surface area contributed by atoms with Crippen LogP contribution in [-0.4, -0.2) is 24.1 Å². The van der Waals surface area contributed by atoms with Crippen molar-refractivity contribution >= 4 is 12.0 Å². The average molecular weight is 411 g/mol. The highest BCUT2D eigenvalue weighted by Crippen LogP contribution is 2.31. The molecule has 0 heterocycles. The van der Waals surface area contributed by atoms with Gasteiger partial charge < -0.3 is 15.4 Å². The van der Waals surface area contributed by atoms with E-state index in [4.69, 9.17) is 4.74 Å². The molecule has 0 spiro atoms. The lowest BCUT2D eigenvalue weighted by molar-refractivity contribution is 0.0508. The second-order valence-corrected chi connectivity index (χ2v) is 8.94. The summed E-state index contributed by atoms with van der Waals surface area (Å²) >= 11 is 0. The largest absolute Gasteiger partial charge is 0.444 e. The Morgan fingerprint density at radius 1 is 0.933 bits per heavy atom. The third kappa shape index (κ3) is 6.90. The molecular weight excluding hydrogens is 376 g/mol. The fourth-order valence-electron chi connectivity index (χ4n) is 3.17. The van der Waals surface area contributed by atoms with Crippen molar-refractivity contribution in [2.24, 2.45) is 5.92 Å². The van der Waals surface area contributed by atoms with Crippen LogP contribution in [0.1, 0.15) is 69.9 Å². The van der Waals surface area contributed by atoms with Crippen LogP contribution in [0.3, 0.4) is 0 Å². The Hall–Kier alpha value is -2.82. The molecule has 2 rings (SSSR count). The molecule has 2 aromatic carbocycles. The second-order valence-electron chi connectivity index (χ2n) is 8.94. The fourth-order valence-corrected chi connectivity index (χ4v) is 3.17. The predicted molar refractivity (Wildman–Crippen MR) is 121 cm³/mol. The zero-order valence-corrected chi connectivity index (χ0v) is 18.9. The van der Waals surface area contributed by atoms with Crippen molar-refractivity contribution in [3.8, 4) is 11.1 Å². The first-order valence-corrected chi connectivity index (χ1v) is 10.5. The van der Waals surface area contributed by atoms with Crippen LogP contribution in [0, 0.1) is 5.92 Å². The van der Waals surface area contributed by atoms with E-state index < -0.39 is 11.7 Å². The summed E-state index contributed by atoms with van der Waals surface area (Å²) in [5, 5.41) is 5.92. The zero-order chi connectivity index (χ0) is 22.3. The highest BCUT2D eigenvalue weighted by atomic mass is 16.6. The Kier molecular flexibility index (Phi) is 8.04. The van der Waals surface area contributed by atoms with Crippen LogP contribution in [0.15, 0.2) is 48.5 Å². The Labute approximate surface area is 180 Å². The smallest absolute Gasteiger partial charge is 0.408 e. The van der Waals surface area contributed by atoms with E-state index in [0.717, 1.165) is 23.1 Å². The molecule has 2 aromatic rings. The summed E-state index contributed by atoms with van der Waals surface area (Å²) in [6.45, 7) is 12.3. The predicted octanol–water partition coefficient (Wildman–Crippen LogP) is 5.72. The average Bonchev–Trinajstić information content (AvgIpc) is 2.66. The maximum absolute atomic E-state index is 12.8. The molecular formula is C25H34N2O3. The van der Waals surface area contributed by atoms with Crippen LogP contribution >= 0.6 is 0 Å². The highest BCUT2D eigenvalue weighted by molar-refractivity contribution is 6.01. The Bertz CT molecular complexity index is 869. The summed E-state index contributed by atoms with van der Waals surface area (Å²) in [6, 6.07) is 15.1. The van der Waals surface area contributed by atoms with E-state index in [2.05, 4.69) is 24.5 Å². The van der Waals surface area contributed by atoms with Gasteiger partial charge in [0.1, 0.15) is 5.60 Å². The first-order valence-electron chi connectivity index (χ1n) is 10.5. The molecule has 1 atom stereocenters. The molecule has 0 aliphatic heterocycles. The molecule has 0 aliphatic rings. The highest BCUT2D eigenvalue weighted by Gasteiger charge is 2.21. The van der Waals surface area contributed by atoms with Crippen molar-refractivity contribution in [2.75, 3.05) is 6.54 Å². The van der Waals surface area contributed by atoms with E-state index in [1.165, 1.54) is 0 Å². The maximum Gasteiger partial charge on any atom is 0.408 e. The number of carbonyl (C=O) groups excluding carboxylic acids is 2. The molecule has 5 heteroatoms. The van der Waals surface area contributed by atoms with Gasteiger partial charge in [-0.2, -0.15) is 0 Å². The van der Waals surface area contributed by atoms with Gasteiger partial charge in [0.25, 0.3) is 5.91 Å². The van der Waals surface area contributed by atoms with Gasteiger partial charge in [0.2, 0.25) is 0 Å². The number of alkyl carbamates (subject to hydrolysis) is 1. The third-order valence-electron chi connectivity index (χ3n) is 4.63. The van der Waals surface area contributed by atoms with Gasteiger partial charge in [-0.3, -0.25) is 4.79 Å². The Balaban J connectivity index is 2.29. The van der Waals surface area contributed by atoms with E-state index in [0.29, 0.717) is 18.0 Å². The lowest BCUT2D eigenvalue weighted by atomic mass is 9.92. The van der Waals surface area contributed by atoms with Gasteiger partial charge >= 0.3 is 6.09 Å². The van der Waals surface area contributed by atoms with Crippen molar-refractivity contribution in [2.45, 2.75) is 59.6 Å². The number of ether oxygens (including phenoxy) is 1. The van der Waals surface area contributed by atoms with E-state index in [1.54, 1.807) is 0 Å². The van der Waals surface area contributed by atoms with Gasteiger partial charge in [0, 0.05) is 12.1 Å². The molecule has 0 fully saturated rings.